The minimum Gasteiger partial charge on any atom is -0.493 e. The van der Waals surface area contributed by atoms with Crippen molar-refractivity contribution in [2.45, 2.75) is 13.8 Å². The third-order valence-corrected chi connectivity index (χ3v) is 4.35. The Bertz CT molecular complexity index is 692. The van der Waals surface area contributed by atoms with Crippen LogP contribution in [0.2, 0.25) is 0 Å². The second-order valence-electron chi connectivity index (χ2n) is 6.85. The summed E-state index contributed by atoms with van der Waals surface area (Å²) in [4.78, 5) is 17.0. The molecule has 3 rings (SSSR count). The number of piperazine rings is 1. The van der Waals surface area contributed by atoms with Crippen molar-refractivity contribution < 1.29 is 9.53 Å². The number of ether oxygens (including phenoxy) is 1. The van der Waals surface area contributed by atoms with Crippen molar-refractivity contribution in [2.75, 3.05) is 37.7 Å². The third-order valence-electron chi connectivity index (χ3n) is 4.35. The van der Waals surface area contributed by atoms with E-state index in [0.29, 0.717) is 18.1 Å². The first-order valence-corrected chi connectivity index (χ1v) is 8.95. The van der Waals surface area contributed by atoms with E-state index in [-0.39, 0.29) is 5.91 Å². The standard InChI is InChI=1S/C21H26N2O2/c1-17(2)16-25-20-10-6-7-18(15-20)21(24)23-13-11-22(12-14-23)19-8-4-3-5-9-19/h3-10,15,17H,11-14,16H2,1-2H3. The highest BCUT2D eigenvalue weighted by atomic mass is 16.5. The summed E-state index contributed by atoms with van der Waals surface area (Å²) < 4.78 is 5.74. The predicted molar refractivity (Wildman–Crippen MR) is 101 cm³/mol. The Hall–Kier alpha value is -2.49. The Morgan fingerprint density at radius 1 is 1.00 bits per heavy atom. The fourth-order valence-corrected chi connectivity index (χ4v) is 2.97. The zero-order valence-electron chi connectivity index (χ0n) is 15.0. The molecular formula is C21H26N2O2. The summed E-state index contributed by atoms with van der Waals surface area (Å²) in [6, 6.07) is 17.9. The summed E-state index contributed by atoms with van der Waals surface area (Å²) in [6.45, 7) is 8.09. The molecule has 2 aromatic rings. The van der Waals surface area contributed by atoms with Crippen LogP contribution in [0, 0.1) is 5.92 Å². The van der Waals surface area contributed by atoms with E-state index >= 15 is 0 Å². The number of carbonyl (C=O) groups excluding carboxylic acids is 1. The monoisotopic (exact) mass is 338 g/mol. The van der Waals surface area contributed by atoms with Crippen LogP contribution in [0.1, 0.15) is 24.2 Å². The lowest BCUT2D eigenvalue weighted by atomic mass is 10.1. The van der Waals surface area contributed by atoms with Crippen LogP contribution in [-0.4, -0.2) is 43.6 Å². The van der Waals surface area contributed by atoms with E-state index in [4.69, 9.17) is 4.74 Å². The normalized spacial score (nSPS) is 14.7. The summed E-state index contributed by atoms with van der Waals surface area (Å²) in [6.07, 6.45) is 0. The van der Waals surface area contributed by atoms with Crippen molar-refractivity contribution in [3.63, 3.8) is 0 Å². The molecule has 0 spiro atoms. The van der Waals surface area contributed by atoms with Gasteiger partial charge < -0.3 is 14.5 Å². The van der Waals surface area contributed by atoms with Crippen LogP contribution in [0.5, 0.6) is 5.75 Å². The molecule has 4 nitrogen and oxygen atoms in total. The van der Waals surface area contributed by atoms with Gasteiger partial charge in [0.1, 0.15) is 5.75 Å². The van der Waals surface area contributed by atoms with Gasteiger partial charge in [-0.3, -0.25) is 4.79 Å². The van der Waals surface area contributed by atoms with Crippen LogP contribution >= 0.6 is 0 Å². The molecular weight excluding hydrogens is 312 g/mol. The van der Waals surface area contributed by atoms with Crippen LogP contribution in [0.25, 0.3) is 0 Å². The van der Waals surface area contributed by atoms with E-state index in [1.807, 2.05) is 35.2 Å². The highest BCUT2D eigenvalue weighted by Gasteiger charge is 2.22. The van der Waals surface area contributed by atoms with Gasteiger partial charge in [0.25, 0.3) is 5.91 Å². The molecule has 0 aromatic heterocycles. The molecule has 1 aliphatic rings. The minimum atomic E-state index is 0.0858. The molecule has 1 aliphatic heterocycles. The number of nitrogens with zero attached hydrogens (tertiary/aromatic N) is 2. The van der Waals surface area contributed by atoms with Gasteiger partial charge in [0, 0.05) is 37.4 Å². The zero-order valence-corrected chi connectivity index (χ0v) is 15.0. The second-order valence-corrected chi connectivity index (χ2v) is 6.85. The number of hydrogen-bond donors (Lipinski definition) is 0. The summed E-state index contributed by atoms with van der Waals surface area (Å²) >= 11 is 0. The highest BCUT2D eigenvalue weighted by molar-refractivity contribution is 5.94. The number of benzene rings is 2. The molecule has 25 heavy (non-hydrogen) atoms. The lowest BCUT2D eigenvalue weighted by Gasteiger charge is -2.36. The van der Waals surface area contributed by atoms with Crippen LogP contribution < -0.4 is 9.64 Å². The van der Waals surface area contributed by atoms with E-state index in [0.717, 1.165) is 31.9 Å². The number of rotatable bonds is 5. The third kappa shape index (κ3) is 4.53. The van der Waals surface area contributed by atoms with Gasteiger partial charge in [-0.05, 0) is 36.2 Å². The molecule has 0 unspecified atom stereocenters. The van der Waals surface area contributed by atoms with Crippen LogP contribution in [0.4, 0.5) is 5.69 Å². The number of para-hydroxylation sites is 1. The van der Waals surface area contributed by atoms with Crippen LogP contribution in [-0.2, 0) is 0 Å². The molecule has 4 heteroatoms. The molecule has 1 fully saturated rings. The largest absolute Gasteiger partial charge is 0.493 e. The molecule has 0 atom stereocenters. The van der Waals surface area contributed by atoms with Gasteiger partial charge in [-0.1, -0.05) is 38.1 Å². The smallest absolute Gasteiger partial charge is 0.254 e. The van der Waals surface area contributed by atoms with Crippen molar-refractivity contribution in [3.05, 3.63) is 60.2 Å². The van der Waals surface area contributed by atoms with Gasteiger partial charge in [0.05, 0.1) is 6.61 Å². The van der Waals surface area contributed by atoms with Gasteiger partial charge >= 0.3 is 0 Å². The number of anilines is 1. The average Bonchev–Trinajstić information content (AvgIpc) is 2.67. The van der Waals surface area contributed by atoms with Gasteiger partial charge in [0.2, 0.25) is 0 Å². The molecule has 1 heterocycles. The maximum Gasteiger partial charge on any atom is 0.254 e. The fourth-order valence-electron chi connectivity index (χ4n) is 2.97. The molecule has 0 aliphatic carbocycles. The molecule has 1 amide bonds. The van der Waals surface area contributed by atoms with E-state index < -0.39 is 0 Å². The average molecular weight is 338 g/mol. The number of hydrogen-bond acceptors (Lipinski definition) is 3. The van der Waals surface area contributed by atoms with E-state index in [9.17, 15) is 4.79 Å². The SMILES string of the molecule is CC(C)COc1cccc(C(=O)N2CCN(c3ccccc3)CC2)c1. The van der Waals surface area contributed by atoms with Gasteiger partial charge in [0.15, 0.2) is 0 Å². The molecule has 0 radical (unpaired) electrons. The highest BCUT2D eigenvalue weighted by Crippen LogP contribution is 2.19. The van der Waals surface area contributed by atoms with Crippen LogP contribution in [0.3, 0.4) is 0 Å². The van der Waals surface area contributed by atoms with Crippen molar-refractivity contribution in [3.8, 4) is 5.75 Å². The summed E-state index contributed by atoms with van der Waals surface area (Å²) in [7, 11) is 0. The molecule has 2 aromatic carbocycles. The molecule has 0 saturated carbocycles. The molecule has 0 bridgehead atoms. The predicted octanol–water partition coefficient (Wildman–Crippen LogP) is 3.68. The Kier molecular flexibility index (Phi) is 5.59. The van der Waals surface area contributed by atoms with Gasteiger partial charge in [-0.15, -0.1) is 0 Å². The van der Waals surface area contributed by atoms with Crippen molar-refractivity contribution in [2.24, 2.45) is 5.92 Å². The Morgan fingerprint density at radius 2 is 1.72 bits per heavy atom. The van der Waals surface area contributed by atoms with E-state index in [1.54, 1.807) is 0 Å². The fraction of sp³-hybridized carbons (Fsp3) is 0.381. The molecule has 1 saturated heterocycles. The zero-order chi connectivity index (χ0) is 17.6. The number of amides is 1. The van der Waals surface area contributed by atoms with E-state index in [1.165, 1.54) is 5.69 Å². The van der Waals surface area contributed by atoms with Crippen molar-refractivity contribution in [1.29, 1.82) is 0 Å². The first-order chi connectivity index (χ1) is 12.1. The summed E-state index contributed by atoms with van der Waals surface area (Å²) in [5, 5.41) is 0. The lowest BCUT2D eigenvalue weighted by Crippen LogP contribution is -2.48. The maximum absolute atomic E-state index is 12.8. The van der Waals surface area contributed by atoms with E-state index in [2.05, 4.69) is 43.0 Å². The molecule has 132 valence electrons. The topological polar surface area (TPSA) is 32.8 Å². The molecule has 0 N–H and O–H groups in total. The van der Waals surface area contributed by atoms with Crippen LogP contribution in [0.15, 0.2) is 54.6 Å². The first kappa shape index (κ1) is 17.3. The van der Waals surface area contributed by atoms with Gasteiger partial charge in [-0.2, -0.15) is 0 Å². The quantitative estimate of drug-likeness (QED) is 0.834. The maximum atomic E-state index is 12.8. The Balaban J connectivity index is 1.60. The number of carbonyl (C=O) groups is 1. The second kappa shape index (κ2) is 8.06. The summed E-state index contributed by atoms with van der Waals surface area (Å²) in [5.74, 6) is 1.32. The lowest BCUT2D eigenvalue weighted by molar-refractivity contribution is 0.0746. The minimum absolute atomic E-state index is 0.0858. The van der Waals surface area contributed by atoms with Gasteiger partial charge in [-0.25, -0.2) is 0 Å². The van der Waals surface area contributed by atoms with Crippen molar-refractivity contribution in [1.82, 2.24) is 4.90 Å². The Morgan fingerprint density at radius 3 is 2.40 bits per heavy atom. The van der Waals surface area contributed by atoms with Crippen molar-refractivity contribution >= 4 is 11.6 Å². The summed E-state index contributed by atoms with van der Waals surface area (Å²) in [5.41, 5.74) is 1.92. The Labute approximate surface area is 150 Å². The first-order valence-electron chi connectivity index (χ1n) is 8.95.